The summed E-state index contributed by atoms with van der Waals surface area (Å²) in [5, 5.41) is 11.5. The number of anilines is 1. The van der Waals surface area contributed by atoms with Crippen LogP contribution >= 0.6 is 0 Å². The highest BCUT2D eigenvalue weighted by atomic mass is 16.4. The smallest absolute Gasteiger partial charge is 0.247 e. The van der Waals surface area contributed by atoms with E-state index in [0.29, 0.717) is 18.3 Å². The van der Waals surface area contributed by atoms with Gasteiger partial charge in [-0.3, -0.25) is 0 Å². The molecule has 3 aromatic rings. The van der Waals surface area contributed by atoms with E-state index in [4.69, 9.17) is 4.42 Å². The molecule has 0 atom stereocenters. The molecule has 0 radical (unpaired) electrons. The van der Waals surface area contributed by atoms with E-state index in [0.717, 1.165) is 17.7 Å². The number of hydrogen-bond acceptors (Lipinski definition) is 4. The Hall–Kier alpha value is -2.62. The second kappa shape index (κ2) is 6.43. The molecule has 0 saturated heterocycles. The van der Waals surface area contributed by atoms with Crippen LogP contribution in [0.5, 0.6) is 0 Å². The normalized spacial score (nSPS) is 10.6. The van der Waals surface area contributed by atoms with Crippen molar-refractivity contribution in [2.24, 2.45) is 0 Å². The van der Waals surface area contributed by atoms with Crippen LogP contribution in [-0.2, 0) is 13.0 Å². The van der Waals surface area contributed by atoms with Crippen LogP contribution in [0.1, 0.15) is 23.9 Å². The summed E-state index contributed by atoms with van der Waals surface area (Å²) in [6.07, 6.45) is 1.05. The third-order valence-corrected chi connectivity index (χ3v) is 3.54. The molecule has 0 aliphatic rings. The SMILES string of the molecule is CCc1ccc(NCc2nnc(-c3cccc(C)c3)o2)cc1. The topological polar surface area (TPSA) is 51.0 Å². The van der Waals surface area contributed by atoms with Gasteiger partial charge < -0.3 is 9.73 Å². The summed E-state index contributed by atoms with van der Waals surface area (Å²) < 4.78 is 5.71. The Balaban J connectivity index is 1.66. The van der Waals surface area contributed by atoms with Crippen LogP contribution in [0.4, 0.5) is 5.69 Å². The van der Waals surface area contributed by atoms with Crippen molar-refractivity contribution in [1.82, 2.24) is 10.2 Å². The van der Waals surface area contributed by atoms with Crippen molar-refractivity contribution in [3.05, 3.63) is 65.5 Å². The molecule has 4 heteroatoms. The second-order valence-corrected chi connectivity index (χ2v) is 5.27. The van der Waals surface area contributed by atoms with Gasteiger partial charge in [0.15, 0.2) is 0 Å². The summed E-state index contributed by atoms with van der Waals surface area (Å²) in [6, 6.07) is 16.4. The molecular formula is C18H19N3O. The van der Waals surface area contributed by atoms with Gasteiger partial charge in [0.05, 0.1) is 6.54 Å². The zero-order valence-corrected chi connectivity index (χ0v) is 12.8. The summed E-state index contributed by atoms with van der Waals surface area (Å²) in [7, 11) is 0. The second-order valence-electron chi connectivity index (χ2n) is 5.27. The molecule has 22 heavy (non-hydrogen) atoms. The Morgan fingerprint density at radius 3 is 2.59 bits per heavy atom. The summed E-state index contributed by atoms with van der Waals surface area (Å²) in [5.41, 5.74) is 4.50. The van der Waals surface area contributed by atoms with Crippen molar-refractivity contribution in [3.63, 3.8) is 0 Å². The molecule has 1 aromatic heterocycles. The molecule has 1 heterocycles. The van der Waals surface area contributed by atoms with E-state index >= 15 is 0 Å². The average molecular weight is 293 g/mol. The van der Waals surface area contributed by atoms with Crippen molar-refractivity contribution in [1.29, 1.82) is 0 Å². The number of nitrogens with zero attached hydrogens (tertiary/aromatic N) is 2. The van der Waals surface area contributed by atoms with Crippen LogP contribution in [0.2, 0.25) is 0 Å². The fourth-order valence-electron chi connectivity index (χ4n) is 2.26. The first-order chi connectivity index (χ1) is 10.7. The molecule has 1 N–H and O–H groups in total. The quantitative estimate of drug-likeness (QED) is 0.765. The van der Waals surface area contributed by atoms with Gasteiger partial charge >= 0.3 is 0 Å². The number of benzene rings is 2. The predicted molar refractivity (Wildman–Crippen MR) is 87.6 cm³/mol. The van der Waals surface area contributed by atoms with E-state index < -0.39 is 0 Å². The van der Waals surface area contributed by atoms with Crippen molar-refractivity contribution in [2.75, 3.05) is 5.32 Å². The van der Waals surface area contributed by atoms with Gasteiger partial charge in [-0.2, -0.15) is 0 Å². The van der Waals surface area contributed by atoms with Crippen LogP contribution in [0.25, 0.3) is 11.5 Å². The van der Waals surface area contributed by atoms with Gasteiger partial charge in [0, 0.05) is 11.3 Å². The molecular weight excluding hydrogens is 274 g/mol. The van der Waals surface area contributed by atoms with Crippen LogP contribution in [0, 0.1) is 6.92 Å². The number of rotatable bonds is 5. The lowest BCUT2D eigenvalue weighted by Crippen LogP contribution is -1.99. The molecule has 0 saturated carbocycles. The molecule has 0 unspecified atom stereocenters. The first-order valence-corrected chi connectivity index (χ1v) is 7.47. The lowest BCUT2D eigenvalue weighted by molar-refractivity contribution is 0.515. The van der Waals surface area contributed by atoms with Crippen LogP contribution in [0.15, 0.2) is 52.9 Å². The van der Waals surface area contributed by atoms with Crippen LogP contribution in [-0.4, -0.2) is 10.2 Å². The lowest BCUT2D eigenvalue weighted by Gasteiger charge is -2.04. The van der Waals surface area contributed by atoms with Gasteiger partial charge in [0.1, 0.15) is 0 Å². The maximum Gasteiger partial charge on any atom is 0.247 e. The van der Waals surface area contributed by atoms with E-state index in [9.17, 15) is 0 Å². The fraction of sp³-hybridized carbons (Fsp3) is 0.222. The maximum absolute atomic E-state index is 5.71. The molecule has 0 aliphatic carbocycles. The number of aromatic nitrogens is 2. The first-order valence-electron chi connectivity index (χ1n) is 7.47. The summed E-state index contributed by atoms with van der Waals surface area (Å²) >= 11 is 0. The van der Waals surface area contributed by atoms with Crippen molar-refractivity contribution >= 4 is 5.69 Å². The molecule has 0 amide bonds. The molecule has 3 rings (SSSR count). The van der Waals surface area contributed by atoms with Crippen molar-refractivity contribution < 1.29 is 4.42 Å². The van der Waals surface area contributed by atoms with Gasteiger partial charge in [-0.15, -0.1) is 10.2 Å². The van der Waals surface area contributed by atoms with E-state index in [1.54, 1.807) is 0 Å². The highest BCUT2D eigenvalue weighted by molar-refractivity contribution is 5.53. The average Bonchev–Trinajstić information content (AvgIpc) is 3.02. The Bertz CT molecular complexity index is 747. The van der Waals surface area contributed by atoms with E-state index in [1.165, 1.54) is 11.1 Å². The minimum Gasteiger partial charge on any atom is -0.419 e. The van der Waals surface area contributed by atoms with Gasteiger partial charge in [0.25, 0.3) is 0 Å². The maximum atomic E-state index is 5.71. The summed E-state index contributed by atoms with van der Waals surface area (Å²) in [5.74, 6) is 1.14. The minimum atomic E-state index is 0.518. The predicted octanol–water partition coefficient (Wildman–Crippen LogP) is 4.22. The Morgan fingerprint density at radius 2 is 1.86 bits per heavy atom. The summed E-state index contributed by atoms with van der Waals surface area (Å²) in [6.45, 7) is 4.71. The van der Waals surface area contributed by atoms with Gasteiger partial charge in [-0.1, -0.05) is 36.8 Å². The Morgan fingerprint density at radius 1 is 1.05 bits per heavy atom. The van der Waals surface area contributed by atoms with Gasteiger partial charge in [-0.25, -0.2) is 0 Å². The lowest BCUT2D eigenvalue weighted by atomic mass is 10.1. The third kappa shape index (κ3) is 3.34. The van der Waals surface area contributed by atoms with Crippen LogP contribution < -0.4 is 5.32 Å². The fourth-order valence-corrected chi connectivity index (χ4v) is 2.26. The monoisotopic (exact) mass is 293 g/mol. The molecule has 112 valence electrons. The standard InChI is InChI=1S/C18H19N3O/c1-3-14-7-9-16(10-8-14)19-12-17-20-21-18(22-17)15-6-4-5-13(2)11-15/h4-11,19H,3,12H2,1-2H3. The van der Waals surface area contributed by atoms with E-state index in [1.807, 2.05) is 31.2 Å². The zero-order chi connectivity index (χ0) is 15.4. The first kappa shape index (κ1) is 14.3. The van der Waals surface area contributed by atoms with E-state index in [-0.39, 0.29) is 0 Å². The van der Waals surface area contributed by atoms with Gasteiger partial charge in [-0.05, 0) is 43.2 Å². The highest BCUT2D eigenvalue weighted by Gasteiger charge is 2.08. The molecule has 0 bridgehead atoms. The Kier molecular flexibility index (Phi) is 4.19. The molecule has 0 fully saturated rings. The molecule has 4 nitrogen and oxygen atoms in total. The Labute approximate surface area is 130 Å². The largest absolute Gasteiger partial charge is 0.419 e. The number of aryl methyl sites for hydroxylation is 2. The third-order valence-electron chi connectivity index (χ3n) is 3.54. The van der Waals surface area contributed by atoms with Crippen molar-refractivity contribution in [2.45, 2.75) is 26.8 Å². The zero-order valence-electron chi connectivity index (χ0n) is 12.8. The summed E-state index contributed by atoms with van der Waals surface area (Å²) in [4.78, 5) is 0. The number of hydrogen-bond donors (Lipinski definition) is 1. The van der Waals surface area contributed by atoms with E-state index in [2.05, 4.69) is 46.7 Å². The number of nitrogens with one attached hydrogen (secondary N) is 1. The van der Waals surface area contributed by atoms with Crippen molar-refractivity contribution in [3.8, 4) is 11.5 Å². The minimum absolute atomic E-state index is 0.518. The molecule has 2 aromatic carbocycles. The van der Waals surface area contributed by atoms with Gasteiger partial charge in [0.2, 0.25) is 11.8 Å². The van der Waals surface area contributed by atoms with Crippen LogP contribution in [0.3, 0.4) is 0 Å². The molecule has 0 aliphatic heterocycles. The highest BCUT2D eigenvalue weighted by Crippen LogP contribution is 2.19. The molecule has 0 spiro atoms.